The molecule has 0 aliphatic heterocycles. The predicted molar refractivity (Wildman–Crippen MR) is 80.9 cm³/mol. The van der Waals surface area contributed by atoms with Gasteiger partial charge in [-0.2, -0.15) is 0 Å². The van der Waals surface area contributed by atoms with E-state index < -0.39 is 0 Å². The van der Waals surface area contributed by atoms with Crippen LogP contribution in [0.4, 0.5) is 0 Å². The van der Waals surface area contributed by atoms with Crippen molar-refractivity contribution in [2.75, 3.05) is 20.6 Å². The summed E-state index contributed by atoms with van der Waals surface area (Å²) in [6, 6.07) is 7.89. The van der Waals surface area contributed by atoms with E-state index in [-0.39, 0.29) is 11.4 Å². The van der Waals surface area contributed by atoms with Crippen LogP contribution in [0.25, 0.3) is 10.9 Å². The quantitative estimate of drug-likeness (QED) is 0.897. The molecule has 1 aliphatic rings. The van der Waals surface area contributed by atoms with Crippen LogP contribution < -0.4 is 5.32 Å². The Bertz CT molecular complexity index is 625. The molecule has 0 saturated heterocycles. The van der Waals surface area contributed by atoms with Crippen molar-refractivity contribution < 1.29 is 4.79 Å². The van der Waals surface area contributed by atoms with Crippen LogP contribution in [0, 0.1) is 0 Å². The third kappa shape index (κ3) is 2.10. The van der Waals surface area contributed by atoms with Gasteiger partial charge in [-0.25, -0.2) is 0 Å². The molecular weight excluding hydrogens is 250 g/mol. The number of nitrogens with one attached hydrogen (secondary N) is 2. The van der Waals surface area contributed by atoms with Crippen molar-refractivity contribution in [3.63, 3.8) is 0 Å². The summed E-state index contributed by atoms with van der Waals surface area (Å²) in [6.45, 7) is 0.721. The zero-order valence-corrected chi connectivity index (χ0v) is 12.1. The number of hydrogen-bond acceptors (Lipinski definition) is 2. The predicted octanol–water partition coefficient (Wildman–Crippen LogP) is 2.38. The number of rotatable bonds is 4. The normalized spacial score (nSPS) is 17.1. The van der Waals surface area contributed by atoms with Crippen molar-refractivity contribution in [3.05, 3.63) is 36.0 Å². The second-order valence-electron chi connectivity index (χ2n) is 5.90. The first-order valence-electron chi connectivity index (χ1n) is 7.14. The maximum Gasteiger partial charge on any atom is 0.253 e. The molecule has 4 nitrogen and oxygen atoms in total. The number of carbonyl (C=O) groups excluding carboxylic acids is 1. The standard InChI is InChI=1S/C16H21N3O/c1-19(2)16(8-5-9-16)11-18-15(20)13-10-17-14-7-4-3-6-12(13)14/h3-4,6-7,10,17H,5,8-9,11H2,1-2H3,(H,18,20). The van der Waals surface area contributed by atoms with E-state index in [9.17, 15) is 4.79 Å². The number of hydrogen-bond donors (Lipinski definition) is 2. The largest absolute Gasteiger partial charge is 0.360 e. The highest BCUT2D eigenvalue weighted by Crippen LogP contribution is 2.35. The van der Waals surface area contributed by atoms with E-state index in [1.165, 1.54) is 6.42 Å². The lowest BCUT2D eigenvalue weighted by Crippen LogP contribution is -2.57. The van der Waals surface area contributed by atoms with Crippen LogP contribution in [0.1, 0.15) is 29.6 Å². The molecule has 1 aromatic heterocycles. The fourth-order valence-electron chi connectivity index (χ4n) is 2.97. The van der Waals surface area contributed by atoms with Gasteiger partial charge in [0.15, 0.2) is 0 Å². The summed E-state index contributed by atoms with van der Waals surface area (Å²) in [5, 5.41) is 4.08. The van der Waals surface area contributed by atoms with Crippen molar-refractivity contribution in [1.29, 1.82) is 0 Å². The molecule has 4 heteroatoms. The van der Waals surface area contributed by atoms with Crippen molar-refractivity contribution in [1.82, 2.24) is 15.2 Å². The average Bonchev–Trinajstić information content (AvgIpc) is 2.80. The van der Waals surface area contributed by atoms with Gasteiger partial charge in [-0.15, -0.1) is 0 Å². The SMILES string of the molecule is CN(C)C1(CNC(=O)c2c[nH]c3ccccc23)CCC1. The topological polar surface area (TPSA) is 48.1 Å². The molecule has 2 N–H and O–H groups in total. The number of H-pyrrole nitrogens is 1. The number of fused-ring (bicyclic) bond motifs is 1. The first kappa shape index (κ1) is 13.2. The van der Waals surface area contributed by atoms with Crippen LogP contribution in [0.2, 0.25) is 0 Å². The van der Waals surface area contributed by atoms with Crippen LogP contribution in [-0.4, -0.2) is 42.0 Å². The van der Waals surface area contributed by atoms with Gasteiger partial charge in [0.25, 0.3) is 5.91 Å². The van der Waals surface area contributed by atoms with Gasteiger partial charge in [-0.1, -0.05) is 18.2 Å². The smallest absolute Gasteiger partial charge is 0.253 e. The Kier molecular flexibility index (Phi) is 3.26. The van der Waals surface area contributed by atoms with Gasteiger partial charge in [0.05, 0.1) is 5.56 Å². The van der Waals surface area contributed by atoms with E-state index in [0.717, 1.165) is 35.9 Å². The lowest BCUT2D eigenvalue weighted by Gasteiger charge is -2.47. The van der Waals surface area contributed by atoms with E-state index in [4.69, 9.17) is 0 Å². The molecule has 0 spiro atoms. The van der Waals surface area contributed by atoms with Gasteiger partial charge in [0.2, 0.25) is 0 Å². The molecule has 0 bridgehead atoms. The zero-order valence-electron chi connectivity index (χ0n) is 12.1. The molecule has 0 radical (unpaired) electrons. The highest BCUT2D eigenvalue weighted by molar-refractivity contribution is 6.06. The minimum Gasteiger partial charge on any atom is -0.360 e. The van der Waals surface area contributed by atoms with Crippen LogP contribution in [-0.2, 0) is 0 Å². The van der Waals surface area contributed by atoms with E-state index >= 15 is 0 Å². The van der Waals surface area contributed by atoms with Crippen LogP contribution in [0.5, 0.6) is 0 Å². The van der Waals surface area contributed by atoms with Crippen molar-refractivity contribution >= 4 is 16.8 Å². The van der Waals surface area contributed by atoms with E-state index in [2.05, 4.69) is 29.3 Å². The van der Waals surface area contributed by atoms with E-state index in [0.29, 0.717) is 0 Å². The summed E-state index contributed by atoms with van der Waals surface area (Å²) in [5.74, 6) is 0.00979. The molecule has 3 rings (SSSR count). The Balaban J connectivity index is 1.74. The molecular formula is C16H21N3O. The lowest BCUT2D eigenvalue weighted by atomic mass is 9.75. The highest BCUT2D eigenvalue weighted by atomic mass is 16.1. The van der Waals surface area contributed by atoms with Gasteiger partial charge >= 0.3 is 0 Å². The molecule has 1 saturated carbocycles. The van der Waals surface area contributed by atoms with Crippen LogP contribution in [0.15, 0.2) is 30.5 Å². The number of amides is 1. The summed E-state index contributed by atoms with van der Waals surface area (Å²) in [4.78, 5) is 17.8. The number of likely N-dealkylation sites (N-methyl/N-ethyl adjacent to an activating group) is 1. The molecule has 1 aliphatic carbocycles. The Hall–Kier alpha value is -1.81. The summed E-state index contributed by atoms with van der Waals surface area (Å²) in [5.41, 5.74) is 1.89. The number of para-hydroxylation sites is 1. The van der Waals surface area contributed by atoms with Crippen LogP contribution >= 0.6 is 0 Å². The maximum atomic E-state index is 12.4. The molecule has 0 unspecified atom stereocenters. The van der Waals surface area contributed by atoms with E-state index in [1.807, 2.05) is 24.3 Å². The van der Waals surface area contributed by atoms with Gasteiger partial charge in [-0.3, -0.25) is 4.79 Å². The molecule has 2 aromatic rings. The fraction of sp³-hybridized carbons (Fsp3) is 0.438. The van der Waals surface area contributed by atoms with Crippen molar-refractivity contribution in [2.45, 2.75) is 24.8 Å². The summed E-state index contributed by atoms with van der Waals surface area (Å²) in [7, 11) is 4.19. The molecule has 1 aromatic carbocycles. The molecule has 1 fully saturated rings. The monoisotopic (exact) mass is 271 g/mol. The third-order valence-corrected chi connectivity index (χ3v) is 4.64. The number of carbonyl (C=O) groups is 1. The van der Waals surface area contributed by atoms with Gasteiger partial charge in [0.1, 0.15) is 0 Å². The first-order chi connectivity index (χ1) is 9.62. The second kappa shape index (κ2) is 4.94. The average molecular weight is 271 g/mol. The fourth-order valence-corrected chi connectivity index (χ4v) is 2.97. The number of aromatic amines is 1. The second-order valence-corrected chi connectivity index (χ2v) is 5.90. The first-order valence-corrected chi connectivity index (χ1v) is 7.14. The van der Waals surface area contributed by atoms with Gasteiger partial charge in [-0.05, 0) is 39.4 Å². The number of benzene rings is 1. The third-order valence-electron chi connectivity index (χ3n) is 4.64. The molecule has 1 amide bonds. The Morgan fingerprint density at radius 1 is 1.35 bits per heavy atom. The van der Waals surface area contributed by atoms with E-state index in [1.54, 1.807) is 6.20 Å². The molecule has 1 heterocycles. The summed E-state index contributed by atoms with van der Waals surface area (Å²) >= 11 is 0. The lowest BCUT2D eigenvalue weighted by molar-refractivity contribution is 0.0558. The van der Waals surface area contributed by atoms with Gasteiger partial charge in [0, 0.05) is 29.2 Å². The zero-order chi connectivity index (χ0) is 14.2. The number of aromatic nitrogens is 1. The highest BCUT2D eigenvalue weighted by Gasteiger charge is 2.39. The minimum absolute atomic E-state index is 0.00979. The molecule has 0 atom stereocenters. The Morgan fingerprint density at radius 2 is 2.10 bits per heavy atom. The Labute approximate surface area is 119 Å². The Morgan fingerprint density at radius 3 is 2.75 bits per heavy atom. The van der Waals surface area contributed by atoms with Crippen molar-refractivity contribution in [3.8, 4) is 0 Å². The van der Waals surface area contributed by atoms with Crippen molar-refractivity contribution in [2.24, 2.45) is 0 Å². The van der Waals surface area contributed by atoms with Crippen LogP contribution in [0.3, 0.4) is 0 Å². The van der Waals surface area contributed by atoms with Gasteiger partial charge < -0.3 is 15.2 Å². The minimum atomic E-state index is 0.00979. The summed E-state index contributed by atoms with van der Waals surface area (Å²) < 4.78 is 0. The maximum absolute atomic E-state index is 12.4. The molecule has 20 heavy (non-hydrogen) atoms. The number of nitrogens with zero attached hydrogens (tertiary/aromatic N) is 1. The summed E-state index contributed by atoms with van der Waals surface area (Å²) in [6.07, 6.45) is 5.37. The molecule has 106 valence electrons.